The number of nitrogens with two attached hydrogens (primary N) is 1. The first-order chi connectivity index (χ1) is 40.7. The van der Waals surface area contributed by atoms with Crippen LogP contribution in [0.5, 0.6) is 0 Å². The van der Waals surface area contributed by atoms with Gasteiger partial charge >= 0.3 is 5.97 Å². The quantitative estimate of drug-likeness (QED) is 0.0161. The molecule has 5 aromatic heterocycles. The van der Waals surface area contributed by atoms with Gasteiger partial charge in [-0.25, -0.2) is 0 Å². The highest BCUT2D eigenvalue weighted by Gasteiger charge is 2.18. The fourth-order valence-corrected chi connectivity index (χ4v) is 8.54. The Bertz CT molecular complexity index is 3590. The number of thiocarbonyl (C=S) groups is 1. The minimum Gasteiger partial charge on any atom is -0.465 e. The highest BCUT2D eigenvalue weighted by atomic mass is 79.9. The summed E-state index contributed by atoms with van der Waals surface area (Å²) in [6.45, 7) is 20.7. The van der Waals surface area contributed by atoms with Gasteiger partial charge in [0.05, 0.1) is 107 Å². The Balaban J connectivity index is -0.000000311. The van der Waals surface area contributed by atoms with Gasteiger partial charge in [-0.3, -0.25) is 28.8 Å². The number of nitrogens with one attached hydrogen (secondary N) is 5. The predicted molar refractivity (Wildman–Crippen MR) is 356 cm³/mol. The number of Topliss-reactive ketones (excluding diaryl/α,β-unsaturated/α-hetero) is 1. The maximum Gasteiger partial charge on any atom is 0.316 e. The van der Waals surface area contributed by atoms with Crippen LogP contribution in [0.25, 0.3) is 0 Å². The van der Waals surface area contributed by atoms with Crippen molar-refractivity contribution in [3.8, 4) is 48.6 Å². The molecular weight excluding hydrogens is 1300 g/mol. The number of hydrogen-bond donors (Lipinski definition) is 7. The third-order valence-corrected chi connectivity index (χ3v) is 14.8. The van der Waals surface area contributed by atoms with Gasteiger partial charge in [-0.05, 0) is 118 Å². The molecule has 1 aliphatic rings. The van der Waals surface area contributed by atoms with E-state index >= 15 is 0 Å². The van der Waals surface area contributed by atoms with Gasteiger partial charge in [0.2, 0.25) is 0 Å². The zero-order chi connectivity index (χ0) is 66.1. The highest BCUT2D eigenvalue weighted by molar-refractivity contribution is 9.09. The second-order valence-electron chi connectivity index (χ2n) is 17.0. The van der Waals surface area contributed by atoms with Crippen LogP contribution < -0.4 is 28.0 Å². The molecule has 1 fully saturated rings. The minimum absolute atomic E-state index is 0. The molecule has 0 aliphatic carbocycles. The van der Waals surface area contributed by atoms with Gasteiger partial charge in [-0.2, -0.15) is 47.3 Å². The Hall–Kier alpha value is -8.34. The molecule has 5 aromatic rings. The van der Waals surface area contributed by atoms with E-state index in [9.17, 15) is 28.8 Å². The molecule has 1 saturated heterocycles. The van der Waals surface area contributed by atoms with E-state index in [1.165, 1.54) is 61.5 Å². The number of H-pyrrole nitrogens is 5. The van der Waals surface area contributed by atoms with Crippen molar-refractivity contribution in [3.63, 3.8) is 0 Å². The van der Waals surface area contributed by atoms with Crippen molar-refractivity contribution in [2.24, 2.45) is 11.7 Å². The second kappa shape index (κ2) is 50.6. The monoisotopic (exact) mass is 1380 g/mol. The number of halogens is 1. The fourth-order valence-electron chi connectivity index (χ4n) is 5.81. The number of aromatic amines is 5. The number of thiol groups is 1. The minimum atomic E-state index is -0.611. The lowest BCUT2D eigenvalue weighted by molar-refractivity contribution is -0.150. The Morgan fingerprint density at radius 2 is 1.01 bits per heavy atom. The van der Waals surface area contributed by atoms with Crippen LogP contribution in [0, 0.1) is 152 Å². The molecule has 25 nitrogen and oxygen atoms in total. The number of nitriles is 8. The van der Waals surface area contributed by atoms with Crippen LogP contribution in [0.15, 0.2) is 39.3 Å². The molecular formula is C58H76BrN17O8S5. The largest absolute Gasteiger partial charge is 0.465 e. The van der Waals surface area contributed by atoms with Crippen LogP contribution in [0.3, 0.4) is 0 Å². The predicted octanol–water partition coefficient (Wildman–Crippen LogP) is 9.74. The Morgan fingerprint density at radius 1 is 0.640 bits per heavy atom. The Morgan fingerprint density at radius 3 is 1.27 bits per heavy atom. The first-order valence-electron chi connectivity index (χ1n) is 25.1. The molecule has 478 valence electrons. The van der Waals surface area contributed by atoms with Gasteiger partial charge in [-0.15, -0.1) is 22.8 Å². The fraction of sp³-hybridized carbons (Fsp3) is 0.448. The summed E-state index contributed by atoms with van der Waals surface area (Å²) < 4.78 is 9.67. The molecule has 1 atom stereocenters. The lowest BCUT2D eigenvalue weighted by Crippen LogP contribution is -2.20. The zero-order valence-electron chi connectivity index (χ0n) is 49.1. The average molecular weight is 1380 g/mol. The summed E-state index contributed by atoms with van der Waals surface area (Å²) in [4.78, 5) is 77.6. The number of rotatable bonds is 11. The van der Waals surface area contributed by atoms with Gasteiger partial charge in [0.1, 0.15) is 36.0 Å². The van der Waals surface area contributed by atoms with Crippen molar-refractivity contribution in [3.05, 3.63) is 114 Å². The van der Waals surface area contributed by atoms with Crippen molar-refractivity contribution >= 4 is 92.8 Å². The summed E-state index contributed by atoms with van der Waals surface area (Å²) in [5.41, 5.74) is 11.0. The number of hydrogen-bond acceptors (Lipinski definition) is 24. The van der Waals surface area contributed by atoms with E-state index in [1.807, 2.05) is 36.4 Å². The van der Waals surface area contributed by atoms with Gasteiger partial charge in [-0.1, -0.05) is 90.9 Å². The number of alkyl halides is 1. The smallest absolute Gasteiger partial charge is 0.316 e. The first kappa shape index (κ1) is 89.4. The number of tetrazole rings is 1. The average Bonchev–Trinajstić information content (AvgIpc) is 1.30. The molecule has 0 aromatic carbocycles. The van der Waals surface area contributed by atoms with Crippen molar-refractivity contribution in [1.29, 1.82) is 42.1 Å². The van der Waals surface area contributed by atoms with Crippen LogP contribution >= 0.6 is 76.1 Å². The molecule has 31 heteroatoms. The number of thioether (sulfide) groups is 3. The molecule has 6 rings (SSSR count). The Labute approximate surface area is 551 Å². The van der Waals surface area contributed by atoms with Gasteiger partial charge in [0, 0.05) is 35.5 Å². The summed E-state index contributed by atoms with van der Waals surface area (Å²) >= 11 is 14.9. The van der Waals surface area contributed by atoms with Crippen LogP contribution in [-0.2, 0) is 24.8 Å². The van der Waals surface area contributed by atoms with Crippen LogP contribution in [0.4, 0.5) is 0 Å². The molecule has 0 amide bonds. The maximum absolute atomic E-state index is 11.7. The number of nitrogens with zero attached hydrogens (tertiary/aromatic N) is 11. The van der Waals surface area contributed by atoms with Gasteiger partial charge in [0.25, 0.3) is 22.2 Å². The number of carbonyl (C=O) groups is 2. The molecule has 0 bridgehead atoms. The summed E-state index contributed by atoms with van der Waals surface area (Å²) in [6, 6.07) is 15.7. The van der Waals surface area contributed by atoms with E-state index < -0.39 is 11.9 Å². The van der Waals surface area contributed by atoms with Crippen LogP contribution in [0.2, 0.25) is 0 Å². The SMILES string of the molecule is C.C.C.C1CCOCC1.CCOC(=O)C(C)C(C)=O.Cc1c(C#N)c(S)[nH]c(=O)c1C.Cc1c(C#N)c(SCC#N)[nH]c(=O)c1C.Cc1c(C#N)c(SCC#N)[nH]c(=O)c1C.Cc1c(C#N)c(SCc2nn[nH]n2)[nH]c(=O)c1C.N#CCBr.N#CCC(N)=S. The van der Waals surface area contributed by atoms with Crippen molar-refractivity contribution in [2.75, 3.05) is 36.7 Å². The lowest BCUT2D eigenvalue weighted by Gasteiger charge is -2.08. The first-order valence-corrected chi connectivity index (χ1v) is 30.1. The molecule has 0 radical (unpaired) electrons. The van der Waals surface area contributed by atoms with Crippen LogP contribution in [-0.4, -0.2) is 94.0 Å². The second-order valence-corrected chi connectivity index (χ2v) is 21.4. The molecule has 0 spiro atoms. The Kier molecular flexibility index (Phi) is 50.9. The number of ketones is 1. The van der Waals surface area contributed by atoms with E-state index in [4.69, 9.17) is 52.6 Å². The van der Waals surface area contributed by atoms with E-state index in [-0.39, 0.29) is 73.2 Å². The standard InChI is InChI=1S/C10H10N6OS.2C10H9N3OS.C8H8N2OS.C7H12O3.C5H10O.C3H4N2S.C2H2BrN.3CH4/c1-5-6(2)9(17)12-10(7(5)3-11)18-4-8-13-15-16-14-8;2*1-6-7(2)9(14)13-10(8(6)5-12)15-4-3-11;1-4-5(2)7(11)10-8(12)6(4)3-9;1-4-10-7(9)5(2)6(3)8;1-2-4-6-5-3-1;4-2-1-3(5)6;3-1-2-4;;;/h4H2,1-2H3,(H,12,17)(H,13,14,15,16);2*4H2,1-2H3,(H,13,14);1-2H3,(H2,10,11,12);5H,4H2,1-3H3;1-5H2;1H2,(H2,5,6);1H2;3*1H4. The lowest BCUT2D eigenvalue weighted by atomic mass is 10.1. The van der Waals surface area contributed by atoms with E-state index in [0.29, 0.717) is 110 Å². The number of carbonyl (C=O) groups excluding carboxylic acids is 2. The zero-order valence-corrected chi connectivity index (χ0v) is 54.8. The third-order valence-electron chi connectivity index (χ3n) is 11.3. The highest BCUT2D eigenvalue weighted by Crippen LogP contribution is 2.25. The van der Waals surface area contributed by atoms with E-state index in [0.717, 1.165) is 13.2 Å². The van der Waals surface area contributed by atoms with Crippen molar-refractivity contribution in [1.82, 2.24) is 40.6 Å². The van der Waals surface area contributed by atoms with Crippen LogP contribution in [0.1, 0.15) is 141 Å². The summed E-state index contributed by atoms with van der Waals surface area (Å²) in [5, 5.41) is 83.7. The number of esters is 1. The van der Waals surface area contributed by atoms with Crippen molar-refractivity contribution < 1.29 is 19.1 Å². The maximum atomic E-state index is 11.7. The summed E-state index contributed by atoms with van der Waals surface area (Å²) in [6.07, 6.45) is 4.12. The topological polar surface area (TPSA) is 455 Å². The number of pyridine rings is 4. The van der Waals surface area contributed by atoms with E-state index in [2.05, 4.69) is 92.1 Å². The molecule has 1 aliphatic heterocycles. The number of aromatic nitrogens is 8. The van der Waals surface area contributed by atoms with Crippen molar-refractivity contribution in [2.45, 2.75) is 150 Å². The molecule has 89 heavy (non-hydrogen) atoms. The molecule has 6 heterocycles. The molecule has 1 unspecified atom stereocenters. The van der Waals surface area contributed by atoms with Gasteiger partial charge < -0.3 is 35.1 Å². The summed E-state index contributed by atoms with van der Waals surface area (Å²) in [7, 11) is 0. The third kappa shape index (κ3) is 33.0. The molecule has 7 N–H and O–H groups in total. The number of ether oxygens (including phenoxy) is 2. The van der Waals surface area contributed by atoms with Gasteiger partial charge in [0.15, 0.2) is 5.82 Å². The van der Waals surface area contributed by atoms with E-state index in [1.54, 1.807) is 75.3 Å². The summed E-state index contributed by atoms with van der Waals surface area (Å²) in [5.74, 6) is 0.181. The molecule has 0 saturated carbocycles. The normalized spacial score (nSPS) is 10.2.